The zero-order chi connectivity index (χ0) is 15.0. The standard InChI is InChI=1S/C17H20N2O2/c1-11-4-3-5-15(18)16(11)17(20)19(13-7-8-13)10-14-9-6-12(2)21-14/h3-6,9,13H,7-8,10,18H2,1-2H3. The average Bonchev–Trinajstić information content (AvgIpc) is 3.19. The smallest absolute Gasteiger partial charge is 0.256 e. The van der Waals surface area contributed by atoms with Gasteiger partial charge in [-0.15, -0.1) is 0 Å². The Morgan fingerprint density at radius 3 is 2.62 bits per heavy atom. The third-order valence-corrected chi connectivity index (χ3v) is 3.89. The van der Waals surface area contributed by atoms with E-state index >= 15 is 0 Å². The van der Waals surface area contributed by atoms with Gasteiger partial charge in [0.1, 0.15) is 11.5 Å². The van der Waals surface area contributed by atoms with Gasteiger partial charge in [-0.2, -0.15) is 0 Å². The molecule has 0 atom stereocenters. The van der Waals surface area contributed by atoms with Crippen LogP contribution in [0.2, 0.25) is 0 Å². The summed E-state index contributed by atoms with van der Waals surface area (Å²) in [5, 5.41) is 0. The molecule has 1 aromatic carbocycles. The number of rotatable bonds is 4. The summed E-state index contributed by atoms with van der Waals surface area (Å²) in [5.74, 6) is 1.69. The van der Waals surface area contributed by atoms with Crippen LogP contribution < -0.4 is 5.73 Å². The van der Waals surface area contributed by atoms with Gasteiger partial charge in [0, 0.05) is 11.7 Å². The van der Waals surface area contributed by atoms with Gasteiger partial charge in [0.2, 0.25) is 0 Å². The maximum atomic E-state index is 12.9. The van der Waals surface area contributed by atoms with Crippen molar-refractivity contribution in [3.8, 4) is 0 Å². The first kappa shape index (κ1) is 13.7. The third-order valence-electron chi connectivity index (χ3n) is 3.89. The average molecular weight is 284 g/mol. The van der Waals surface area contributed by atoms with Crippen molar-refractivity contribution in [2.24, 2.45) is 0 Å². The zero-order valence-electron chi connectivity index (χ0n) is 12.4. The highest BCUT2D eigenvalue weighted by Crippen LogP contribution is 2.31. The Balaban J connectivity index is 1.89. The van der Waals surface area contributed by atoms with E-state index in [4.69, 9.17) is 10.2 Å². The molecule has 3 rings (SSSR count). The van der Waals surface area contributed by atoms with E-state index in [0.717, 1.165) is 29.9 Å². The summed E-state index contributed by atoms with van der Waals surface area (Å²) < 4.78 is 5.61. The molecular weight excluding hydrogens is 264 g/mol. The van der Waals surface area contributed by atoms with E-state index in [1.54, 1.807) is 6.07 Å². The summed E-state index contributed by atoms with van der Waals surface area (Å²) in [7, 11) is 0. The van der Waals surface area contributed by atoms with Crippen LogP contribution in [0.4, 0.5) is 5.69 Å². The van der Waals surface area contributed by atoms with E-state index in [9.17, 15) is 4.79 Å². The molecule has 2 N–H and O–H groups in total. The van der Waals surface area contributed by atoms with Crippen molar-refractivity contribution in [1.82, 2.24) is 4.90 Å². The fraction of sp³-hybridized carbons (Fsp3) is 0.353. The number of benzene rings is 1. The molecule has 4 heteroatoms. The number of furan rings is 1. The number of anilines is 1. The molecule has 0 unspecified atom stereocenters. The minimum absolute atomic E-state index is 0.00199. The molecule has 1 saturated carbocycles. The van der Waals surface area contributed by atoms with Crippen molar-refractivity contribution in [1.29, 1.82) is 0 Å². The lowest BCUT2D eigenvalue weighted by Crippen LogP contribution is -2.33. The van der Waals surface area contributed by atoms with Crippen molar-refractivity contribution < 1.29 is 9.21 Å². The first-order chi connectivity index (χ1) is 10.1. The summed E-state index contributed by atoms with van der Waals surface area (Å²) in [6.07, 6.45) is 2.11. The molecule has 0 radical (unpaired) electrons. The maximum Gasteiger partial charge on any atom is 0.256 e. The van der Waals surface area contributed by atoms with Crippen LogP contribution in [0.3, 0.4) is 0 Å². The third kappa shape index (κ3) is 2.79. The van der Waals surface area contributed by atoms with Crippen molar-refractivity contribution in [2.45, 2.75) is 39.3 Å². The van der Waals surface area contributed by atoms with Crippen LogP contribution >= 0.6 is 0 Å². The van der Waals surface area contributed by atoms with Gasteiger partial charge in [0.25, 0.3) is 5.91 Å². The summed E-state index contributed by atoms with van der Waals surface area (Å²) in [6, 6.07) is 9.74. The lowest BCUT2D eigenvalue weighted by atomic mass is 10.1. The van der Waals surface area contributed by atoms with Crippen LogP contribution in [0.15, 0.2) is 34.7 Å². The lowest BCUT2D eigenvalue weighted by molar-refractivity contribution is 0.0717. The van der Waals surface area contributed by atoms with Crippen molar-refractivity contribution >= 4 is 11.6 Å². The minimum atomic E-state index is 0.00199. The molecule has 0 bridgehead atoms. The van der Waals surface area contributed by atoms with E-state index in [1.165, 1.54) is 0 Å². The second-order valence-corrected chi connectivity index (χ2v) is 5.72. The molecule has 0 spiro atoms. The highest BCUT2D eigenvalue weighted by molar-refractivity contribution is 6.00. The van der Waals surface area contributed by atoms with Crippen LogP contribution in [0.25, 0.3) is 0 Å². The Kier molecular flexibility index (Phi) is 3.45. The summed E-state index contributed by atoms with van der Waals surface area (Å²) >= 11 is 0. The molecular formula is C17H20N2O2. The molecule has 1 aliphatic carbocycles. The normalized spacial score (nSPS) is 14.2. The molecule has 2 aromatic rings. The minimum Gasteiger partial charge on any atom is -0.464 e. The Morgan fingerprint density at radius 1 is 1.29 bits per heavy atom. The van der Waals surface area contributed by atoms with Crippen molar-refractivity contribution in [3.63, 3.8) is 0 Å². The predicted octanol–water partition coefficient (Wildman–Crippen LogP) is 3.28. The van der Waals surface area contributed by atoms with E-state index in [1.807, 2.05) is 43.0 Å². The summed E-state index contributed by atoms with van der Waals surface area (Å²) in [5.41, 5.74) is 8.09. The molecule has 21 heavy (non-hydrogen) atoms. The molecule has 0 saturated heterocycles. The van der Waals surface area contributed by atoms with Gasteiger partial charge in [0.05, 0.1) is 12.1 Å². The van der Waals surface area contributed by atoms with E-state index in [0.29, 0.717) is 23.8 Å². The molecule has 1 amide bonds. The molecule has 1 heterocycles. The van der Waals surface area contributed by atoms with E-state index < -0.39 is 0 Å². The zero-order valence-corrected chi connectivity index (χ0v) is 12.4. The first-order valence-corrected chi connectivity index (χ1v) is 7.27. The lowest BCUT2D eigenvalue weighted by Gasteiger charge is -2.23. The molecule has 1 aromatic heterocycles. The van der Waals surface area contributed by atoms with Crippen LogP contribution in [0.5, 0.6) is 0 Å². The number of hydrogen-bond acceptors (Lipinski definition) is 3. The van der Waals surface area contributed by atoms with Gasteiger partial charge < -0.3 is 15.1 Å². The van der Waals surface area contributed by atoms with Gasteiger partial charge >= 0.3 is 0 Å². The molecule has 1 fully saturated rings. The Morgan fingerprint density at radius 2 is 2.05 bits per heavy atom. The number of aryl methyl sites for hydroxylation is 2. The highest BCUT2D eigenvalue weighted by Gasteiger charge is 2.34. The second-order valence-electron chi connectivity index (χ2n) is 5.72. The summed E-state index contributed by atoms with van der Waals surface area (Å²) in [4.78, 5) is 14.8. The van der Waals surface area contributed by atoms with Gasteiger partial charge in [0.15, 0.2) is 0 Å². The number of carbonyl (C=O) groups is 1. The fourth-order valence-corrected chi connectivity index (χ4v) is 2.62. The van der Waals surface area contributed by atoms with Crippen LogP contribution in [0, 0.1) is 13.8 Å². The number of nitrogens with zero attached hydrogens (tertiary/aromatic N) is 1. The SMILES string of the molecule is Cc1ccc(CN(C(=O)c2c(C)cccc2N)C2CC2)o1. The van der Waals surface area contributed by atoms with Crippen LogP contribution in [0.1, 0.15) is 40.3 Å². The molecule has 0 aliphatic heterocycles. The molecule has 110 valence electrons. The first-order valence-electron chi connectivity index (χ1n) is 7.27. The van der Waals surface area contributed by atoms with Gasteiger partial charge in [-0.3, -0.25) is 4.79 Å². The van der Waals surface area contributed by atoms with Gasteiger partial charge in [-0.25, -0.2) is 0 Å². The Hall–Kier alpha value is -2.23. The quantitative estimate of drug-likeness (QED) is 0.876. The number of carbonyl (C=O) groups excluding carboxylic acids is 1. The number of nitrogens with two attached hydrogens (primary N) is 1. The van der Waals surface area contributed by atoms with E-state index in [2.05, 4.69) is 0 Å². The topological polar surface area (TPSA) is 59.5 Å². The largest absolute Gasteiger partial charge is 0.464 e. The number of amides is 1. The van der Waals surface area contributed by atoms with Crippen LogP contribution in [-0.2, 0) is 6.54 Å². The van der Waals surface area contributed by atoms with Gasteiger partial charge in [-0.05, 0) is 50.5 Å². The predicted molar refractivity (Wildman–Crippen MR) is 81.9 cm³/mol. The number of nitrogen functional groups attached to an aromatic ring is 1. The Labute approximate surface area is 124 Å². The molecule has 1 aliphatic rings. The van der Waals surface area contributed by atoms with Crippen LogP contribution in [-0.4, -0.2) is 16.8 Å². The van der Waals surface area contributed by atoms with Gasteiger partial charge in [-0.1, -0.05) is 12.1 Å². The molecule has 4 nitrogen and oxygen atoms in total. The second kappa shape index (κ2) is 5.28. The van der Waals surface area contributed by atoms with Crippen molar-refractivity contribution in [2.75, 3.05) is 5.73 Å². The maximum absolute atomic E-state index is 12.9. The highest BCUT2D eigenvalue weighted by atomic mass is 16.3. The monoisotopic (exact) mass is 284 g/mol. The van der Waals surface area contributed by atoms with E-state index in [-0.39, 0.29) is 5.91 Å². The fourth-order valence-electron chi connectivity index (χ4n) is 2.62. The summed E-state index contributed by atoms with van der Waals surface area (Å²) in [6.45, 7) is 4.34. The number of hydrogen-bond donors (Lipinski definition) is 1. The van der Waals surface area contributed by atoms with Crippen molar-refractivity contribution in [3.05, 3.63) is 53.0 Å². The Bertz CT molecular complexity index is 651.